The first-order valence-electron chi connectivity index (χ1n) is 17.4. The minimum atomic E-state index is -0.256. The van der Waals surface area contributed by atoms with Crippen molar-refractivity contribution >= 4 is 33.2 Å². The van der Waals surface area contributed by atoms with Gasteiger partial charge in [0.2, 0.25) is 0 Å². The molecule has 4 nitrogen and oxygen atoms in total. The molecule has 0 amide bonds. The highest BCUT2D eigenvalue weighted by atomic mass is 15.2. The fraction of sp³-hybridized carbons (Fsp3) is 0.0208. The Morgan fingerprint density at radius 1 is 0.462 bits per heavy atom. The van der Waals surface area contributed by atoms with Gasteiger partial charge in [0.1, 0.15) is 12.0 Å². The van der Waals surface area contributed by atoms with Crippen LogP contribution in [-0.2, 0) is 0 Å². The van der Waals surface area contributed by atoms with Gasteiger partial charge in [-0.1, -0.05) is 170 Å². The van der Waals surface area contributed by atoms with E-state index in [1.165, 1.54) is 38.2 Å². The van der Waals surface area contributed by atoms with Crippen LogP contribution >= 0.6 is 0 Å². The lowest BCUT2D eigenvalue weighted by Gasteiger charge is -2.23. The number of benzene rings is 8. The molecule has 1 atom stereocenters. The molecule has 0 aliphatic carbocycles. The summed E-state index contributed by atoms with van der Waals surface area (Å²) in [6.07, 6.45) is -0.256. The van der Waals surface area contributed by atoms with E-state index in [9.17, 15) is 5.26 Å². The Labute approximate surface area is 302 Å². The van der Waals surface area contributed by atoms with E-state index < -0.39 is 0 Å². The van der Waals surface area contributed by atoms with Crippen LogP contribution in [0.4, 0.5) is 0 Å². The van der Waals surface area contributed by atoms with Crippen LogP contribution in [0.2, 0.25) is 0 Å². The molecule has 0 bridgehead atoms. The summed E-state index contributed by atoms with van der Waals surface area (Å²) in [6.45, 7) is 0. The van der Waals surface area contributed by atoms with Crippen molar-refractivity contribution in [3.05, 3.63) is 204 Å². The first-order chi connectivity index (χ1) is 25.7. The van der Waals surface area contributed by atoms with Crippen molar-refractivity contribution in [2.45, 2.75) is 6.17 Å². The number of rotatable bonds is 6. The standard InChI is InChI=1S/C48H32N4/c49-31-32-19-21-34(22-20-32)39-29-30-43(42-18-10-9-17-41(39)42)44-28-27-33-11-7-8-16-40(33)45(44)35-23-25-38(26-24-35)48-51-46(36-12-3-1-4-13-36)50-47(52-48)37-14-5-2-6-15-37/h1-30,46H,(H,50,51,52). The molecule has 244 valence electrons. The van der Waals surface area contributed by atoms with E-state index in [0.29, 0.717) is 11.4 Å². The number of hydrogen-bond acceptors (Lipinski definition) is 4. The Hall–Kier alpha value is -7.09. The van der Waals surface area contributed by atoms with Gasteiger partial charge in [-0.05, 0) is 72.6 Å². The predicted octanol–water partition coefficient (Wildman–Crippen LogP) is 11.4. The summed E-state index contributed by atoms with van der Waals surface area (Å²) in [5, 5.41) is 17.6. The molecule has 1 aliphatic heterocycles. The Kier molecular flexibility index (Phi) is 7.92. The summed E-state index contributed by atoms with van der Waals surface area (Å²) in [7, 11) is 0. The highest BCUT2D eigenvalue weighted by Crippen LogP contribution is 2.43. The molecule has 8 aromatic carbocycles. The van der Waals surface area contributed by atoms with Gasteiger partial charge in [0.15, 0.2) is 5.84 Å². The van der Waals surface area contributed by atoms with Crippen molar-refractivity contribution in [1.29, 1.82) is 5.26 Å². The van der Waals surface area contributed by atoms with Gasteiger partial charge in [0, 0.05) is 11.1 Å². The van der Waals surface area contributed by atoms with E-state index in [0.717, 1.165) is 39.2 Å². The Morgan fingerprint density at radius 2 is 1.04 bits per heavy atom. The molecule has 1 aliphatic rings. The van der Waals surface area contributed by atoms with Gasteiger partial charge in [0.25, 0.3) is 0 Å². The molecule has 4 heteroatoms. The zero-order valence-corrected chi connectivity index (χ0v) is 28.2. The molecule has 0 saturated carbocycles. The van der Waals surface area contributed by atoms with Crippen LogP contribution in [0.3, 0.4) is 0 Å². The van der Waals surface area contributed by atoms with Crippen molar-refractivity contribution < 1.29 is 0 Å². The number of nitrogens with zero attached hydrogens (tertiary/aromatic N) is 3. The Bertz CT molecular complexity index is 2690. The molecule has 0 saturated heterocycles. The maximum Gasteiger partial charge on any atom is 0.159 e. The van der Waals surface area contributed by atoms with Crippen molar-refractivity contribution in [3.8, 4) is 39.4 Å². The van der Waals surface area contributed by atoms with Gasteiger partial charge in [-0.2, -0.15) is 5.26 Å². The van der Waals surface area contributed by atoms with E-state index >= 15 is 0 Å². The number of nitrogens with one attached hydrogen (secondary N) is 1. The molecule has 0 spiro atoms. The lowest BCUT2D eigenvalue weighted by atomic mass is 9.86. The first kappa shape index (κ1) is 30.9. The highest BCUT2D eigenvalue weighted by molar-refractivity contribution is 6.14. The van der Waals surface area contributed by atoms with Gasteiger partial charge in [0.05, 0.1) is 11.6 Å². The minimum absolute atomic E-state index is 0.256. The van der Waals surface area contributed by atoms with Crippen molar-refractivity contribution in [3.63, 3.8) is 0 Å². The number of hydrogen-bond donors (Lipinski definition) is 1. The SMILES string of the molecule is N#Cc1ccc(-c2ccc(-c3ccc4ccccc4c3-c3ccc(C4=NC(c5ccccc5)NC(c5ccccc5)=N4)cc3)c3ccccc23)cc1. The molecule has 0 fully saturated rings. The lowest BCUT2D eigenvalue weighted by molar-refractivity contribution is 0.674. The molecule has 1 N–H and O–H groups in total. The minimum Gasteiger partial charge on any atom is -0.344 e. The summed E-state index contributed by atoms with van der Waals surface area (Å²) >= 11 is 0. The molecular formula is C48H32N4. The number of amidine groups is 2. The van der Waals surface area contributed by atoms with Crippen LogP contribution in [0.25, 0.3) is 54.9 Å². The summed E-state index contributed by atoms with van der Waals surface area (Å²) < 4.78 is 0. The summed E-state index contributed by atoms with van der Waals surface area (Å²) in [5.41, 5.74) is 10.6. The van der Waals surface area contributed by atoms with E-state index in [-0.39, 0.29) is 6.17 Å². The zero-order valence-electron chi connectivity index (χ0n) is 28.2. The Balaban J connectivity index is 1.17. The number of aliphatic imine (C=N–C) groups is 2. The van der Waals surface area contributed by atoms with Crippen LogP contribution in [0.15, 0.2) is 192 Å². The highest BCUT2D eigenvalue weighted by Gasteiger charge is 2.22. The second kappa shape index (κ2) is 13.3. The van der Waals surface area contributed by atoms with Crippen LogP contribution in [0, 0.1) is 11.3 Å². The van der Waals surface area contributed by atoms with Crippen LogP contribution < -0.4 is 5.32 Å². The quantitative estimate of drug-likeness (QED) is 0.192. The molecule has 1 heterocycles. The van der Waals surface area contributed by atoms with Crippen molar-refractivity contribution in [1.82, 2.24) is 5.32 Å². The third kappa shape index (κ3) is 5.71. The predicted molar refractivity (Wildman–Crippen MR) is 214 cm³/mol. The van der Waals surface area contributed by atoms with Gasteiger partial charge in [-0.3, -0.25) is 0 Å². The van der Waals surface area contributed by atoms with E-state index in [1.807, 2.05) is 60.7 Å². The largest absolute Gasteiger partial charge is 0.344 e. The first-order valence-corrected chi connectivity index (χ1v) is 17.4. The molecule has 52 heavy (non-hydrogen) atoms. The molecular weight excluding hydrogens is 633 g/mol. The van der Waals surface area contributed by atoms with Gasteiger partial charge >= 0.3 is 0 Å². The third-order valence-corrected chi connectivity index (χ3v) is 9.81. The third-order valence-electron chi connectivity index (χ3n) is 9.81. The topological polar surface area (TPSA) is 60.5 Å². The van der Waals surface area contributed by atoms with Crippen LogP contribution in [-0.4, -0.2) is 11.7 Å². The smallest absolute Gasteiger partial charge is 0.159 e. The molecule has 8 aromatic rings. The van der Waals surface area contributed by atoms with Gasteiger partial charge < -0.3 is 5.32 Å². The fourth-order valence-corrected chi connectivity index (χ4v) is 7.23. The van der Waals surface area contributed by atoms with Crippen molar-refractivity contribution in [2.75, 3.05) is 0 Å². The normalized spacial score (nSPS) is 13.9. The number of nitriles is 1. The molecule has 0 aromatic heterocycles. The number of fused-ring (bicyclic) bond motifs is 2. The molecule has 0 radical (unpaired) electrons. The molecule has 1 unspecified atom stereocenters. The van der Waals surface area contributed by atoms with Gasteiger partial charge in [-0.25, -0.2) is 9.98 Å². The maximum atomic E-state index is 9.35. The maximum absolute atomic E-state index is 9.35. The van der Waals surface area contributed by atoms with E-state index in [4.69, 9.17) is 9.98 Å². The van der Waals surface area contributed by atoms with E-state index in [2.05, 4.69) is 133 Å². The van der Waals surface area contributed by atoms with Crippen molar-refractivity contribution in [2.24, 2.45) is 9.98 Å². The summed E-state index contributed by atoms with van der Waals surface area (Å²) in [4.78, 5) is 10.1. The van der Waals surface area contributed by atoms with Crippen LogP contribution in [0.5, 0.6) is 0 Å². The van der Waals surface area contributed by atoms with Crippen LogP contribution in [0.1, 0.15) is 28.4 Å². The molecule has 9 rings (SSSR count). The second-order valence-electron chi connectivity index (χ2n) is 12.9. The summed E-state index contributed by atoms with van der Waals surface area (Å²) in [6, 6.07) is 65.4. The second-order valence-corrected chi connectivity index (χ2v) is 12.9. The summed E-state index contributed by atoms with van der Waals surface area (Å²) in [5.74, 6) is 1.50. The lowest BCUT2D eigenvalue weighted by Crippen LogP contribution is -2.33. The zero-order chi connectivity index (χ0) is 34.9. The Morgan fingerprint density at radius 3 is 1.77 bits per heavy atom. The van der Waals surface area contributed by atoms with Gasteiger partial charge in [-0.15, -0.1) is 0 Å². The van der Waals surface area contributed by atoms with E-state index in [1.54, 1.807) is 0 Å². The monoisotopic (exact) mass is 664 g/mol. The average molecular weight is 665 g/mol. The average Bonchev–Trinajstić information content (AvgIpc) is 3.23. The fourth-order valence-electron chi connectivity index (χ4n) is 7.23.